The van der Waals surface area contributed by atoms with Crippen LogP contribution in [0, 0.1) is 6.92 Å². The molecule has 1 heterocycles. The SMILES string of the molecule is CC.CCC(=C1CCC(=O)CC1)c1scc(C(=O)OC)c1C. The number of methoxy groups -OCH3 is 1. The van der Waals surface area contributed by atoms with Crippen LogP contribution in [0.5, 0.6) is 0 Å². The van der Waals surface area contributed by atoms with Gasteiger partial charge >= 0.3 is 5.97 Å². The van der Waals surface area contributed by atoms with Gasteiger partial charge in [0.1, 0.15) is 5.78 Å². The second kappa shape index (κ2) is 8.89. The predicted molar refractivity (Wildman–Crippen MR) is 92.4 cm³/mol. The number of rotatable bonds is 3. The highest BCUT2D eigenvalue weighted by Gasteiger charge is 2.21. The number of esters is 1. The summed E-state index contributed by atoms with van der Waals surface area (Å²) in [5.74, 6) is 0.0895. The molecule has 0 aromatic carbocycles. The molecular weight excluding hydrogens is 296 g/mol. The molecule has 122 valence electrons. The van der Waals surface area contributed by atoms with E-state index in [2.05, 4.69) is 6.92 Å². The molecule has 1 aliphatic carbocycles. The molecule has 0 aliphatic heterocycles. The molecule has 3 nitrogen and oxygen atoms in total. The highest BCUT2D eigenvalue weighted by atomic mass is 32.1. The molecule has 1 fully saturated rings. The molecular formula is C18H26O3S. The second-order valence-electron chi connectivity index (χ2n) is 5.07. The minimum absolute atomic E-state index is 0.274. The molecule has 1 aromatic heterocycles. The molecule has 0 N–H and O–H groups in total. The molecule has 22 heavy (non-hydrogen) atoms. The van der Waals surface area contributed by atoms with Crippen molar-refractivity contribution < 1.29 is 14.3 Å². The van der Waals surface area contributed by atoms with E-state index < -0.39 is 0 Å². The summed E-state index contributed by atoms with van der Waals surface area (Å²) in [6.07, 6.45) is 3.99. The summed E-state index contributed by atoms with van der Waals surface area (Å²) in [7, 11) is 1.41. The van der Waals surface area contributed by atoms with Crippen LogP contribution < -0.4 is 0 Å². The van der Waals surface area contributed by atoms with Gasteiger partial charge < -0.3 is 4.74 Å². The molecule has 0 radical (unpaired) electrons. The van der Waals surface area contributed by atoms with Crippen molar-refractivity contribution in [1.82, 2.24) is 0 Å². The van der Waals surface area contributed by atoms with E-state index in [1.54, 1.807) is 11.3 Å². The first-order valence-corrected chi connectivity index (χ1v) is 8.85. The quantitative estimate of drug-likeness (QED) is 0.720. The van der Waals surface area contributed by atoms with Crippen molar-refractivity contribution in [3.05, 3.63) is 27.0 Å². The summed E-state index contributed by atoms with van der Waals surface area (Å²) in [5.41, 5.74) is 4.36. The Morgan fingerprint density at radius 2 is 1.82 bits per heavy atom. The summed E-state index contributed by atoms with van der Waals surface area (Å²) in [6.45, 7) is 8.11. The highest BCUT2D eigenvalue weighted by Crippen LogP contribution is 2.37. The topological polar surface area (TPSA) is 43.4 Å². The summed E-state index contributed by atoms with van der Waals surface area (Å²) < 4.78 is 4.81. The number of hydrogen-bond acceptors (Lipinski definition) is 4. The molecule has 2 rings (SSSR count). The zero-order chi connectivity index (χ0) is 16.7. The van der Waals surface area contributed by atoms with E-state index in [9.17, 15) is 9.59 Å². The summed E-state index contributed by atoms with van der Waals surface area (Å²) in [5, 5.41) is 1.88. The third-order valence-corrected chi connectivity index (χ3v) is 5.05. The molecule has 0 saturated heterocycles. The van der Waals surface area contributed by atoms with Crippen molar-refractivity contribution in [2.24, 2.45) is 0 Å². The van der Waals surface area contributed by atoms with Crippen LogP contribution in [-0.4, -0.2) is 18.9 Å². The lowest BCUT2D eigenvalue weighted by Gasteiger charge is -2.18. The van der Waals surface area contributed by atoms with Gasteiger partial charge in [0.05, 0.1) is 12.7 Å². The number of ketones is 1. The van der Waals surface area contributed by atoms with E-state index in [1.807, 2.05) is 26.2 Å². The van der Waals surface area contributed by atoms with Gasteiger partial charge in [0.25, 0.3) is 0 Å². The van der Waals surface area contributed by atoms with Crippen LogP contribution in [0.25, 0.3) is 5.57 Å². The number of thiophene rings is 1. The lowest BCUT2D eigenvalue weighted by atomic mass is 9.88. The summed E-state index contributed by atoms with van der Waals surface area (Å²) in [4.78, 5) is 24.3. The van der Waals surface area contributed by atoms with Gasteiger partial charge in [0, 0.05) is 23.1 Å². The minimum atomic E-state index is -0.274. The van der Waals surface area contributed by atoms with Crippen LogP contribution in [0.3, 0.4) is 0 Å². The van der Waals surface area contributed by atoms with Gasteiger partial charge in [-0.3, -0.25) is 4.79 Å². The standard InChI is InChI=1S/C16H20O3S.C2H6/c1-4-13(11-5-7-12(17)8-6-11)15-10(2)14(9-20-15)16(18)19-3;1-2/h9H,4-8H2,1-3H3;1-2H3. The number of carbonyl (C=O) groups excluding carboxylic acids is 2. The third kappa shape index (κ3) is 4.07. The van der Waals surface area contributed by atoms with E-state index in [-0.39, 0.29) is 5.97 Å². The van der Waals surface area contributed by atoms with Gasteiger partial charge in [0.2, 0.25) is 0 Å². The Morgan fingerprint density at radius 1 is 1.23 bits per heavy atom. The first-order valence-electron chi connectivity index (χ1n) is 7.97. The molecule has 0 atom stereocenters. The van der Waals surface area contributed by atoms with E-state index in [1.165, 1.54) is 23.1 Å². The number of hydrogen-bond donors (Lipinski definition) is 0. The van der Waals surface area contributed by atoms with Crippen molar-refractivity contribution >= 4 is 28.7 Å². The van der Waals surface area contributed by atoms with Crippen LogP contribution >= 0.6 is 11.3 Å². The van der Waals surface area contributed by atoms with Gasteiger partial charge in [-0.15, -0.1) is 11.3 Å². The van der Waals surface area contributed by atoms with Crippen LogP contribution in [0.4, 0.5) is 0 Å². The first-order chi connectivity index (χ1) is 10.6. The van der Waals surface area contributed by atoms with E-state index in [4.69, 9.17) is 4.74 Å². The Kier molecular flexibility index (Phi) is 7.52. The van der Waals surface area contributed by atoms with E-state index in [0.717, 1.165) is 24.8 Å². The number of ether oxygens (including phenoxy) is 1. The maximum atomic E-state index is 11.7. The van der Waals surface area contributed by atoms with Crippen molar-refractivity contribution in [3.63, 3.8) is 0 Å². The largest absolute Gasteiger partial charge is 0.465 e. The normalized spacial score (nSPS) is 14.2. The van der Waals surface area contributed by atoms with Crippen molar-refractivity contribution in [1.29, 1.82) is 0 Å². The van der Waals surface area contributed by atoms with Crippen molar-refractivity contribution in [2.45, 2.75) is 59.8 Å². The fourth-order valence-corrected chi connectivity index (χ4v) is 3.96. The monoisotopic (exact) mass is 322 g/mol. The number of allylic oxidation sites excluding steroid dienone is 2. The van der Waals surface area contributed by atoms with Gasteiger partial charge in [-0.1, -0.05) is 26.3 Å². The molecule has 0 unspecified atom stereocenters. The molecule has 4 heteroatoms. The average molecular weight is 322 g/mol. The summed E-state index contributed by atoms with van der Waals surface area (Å²) >= 11 is 1.60. The molecule has 1 aliphatic rings. The van der Waals surface area contributed by atoms with Crippen molar-refractivity contribution in [2.75, 3.05) is 7.11 Å². The third-order valence-electron chi connectivity index (χ3n) is 3.91. The molecule has 0 spiro atoms. The lowest BCUT2D eigenvalue weighted by Crippen LogP contribution is -2.08. The van der Waals surface area contributed by atoms with Crippen molar-refractivity contribution in [3.8, 4) is 0 Å². The summed E-state index contributed by atoms with van der Waals surface area (Å²) in [6, 6.07) is 0. The zero-order valence-electron chi connectivity index (χ0n) is 14.2. The van der Waals surface area contributed by atoms with Crippen LogP contribution in [0.2, 0.25) is 0 Å². The number of carbonyl (C=O) groups is 2. The van der Waals surface area contributed by atoms with Gasteiger partial charge in [0.15, 0.2) is 0 Å². The second-order valence-corrected chi connectivity index (χ2v) is 5.95. The van der Waals surface area contributed by atoms with E-state index >= 15 is 0 Å². The lowest BCUT2D eigenvalue weighted by molar-refractivity contribution is -0.119. The predicted octanol–water partition coefficient (Wildman–Crippen LogP) is 5.18. The Bertz CT molecular complexity index is 555. The first kappa shape index (κ1) is 18.6. The average Bonchev–Trinajstić information content (AvgIpc) is 2.93. The van der Waals surface area contributed by atoms with Gasteiger partial charge in [-0.05, 0) is 37.3 Å². The van der Waals surface area contributed by atoms with Gasteiger partial charge in [-0.2, -0.15) is 0 Å². The minimum Gasteiger partial charge on any atom is -0.465 e. The maximum Gasteiger partial charge on any atom is 0.338 e. The Hall–Kier alpha value is -1.42. The van der Waals surface area contributed by atoms with Crippen LogP contribution in [0.1, 0.15) is 73.7 Å². The molecule has 0 bridgehead atoms. The number of Topliss-reactive ketones (excluding diaryl/α,β-unsaturated/α-hetero) is 1. The Labute approximate surface area is 137 Å². The van der Waals surface area contributed by atoms with E-state index in [0.29, 0.717) is 24.2 Å². The highest BCUT2D eigenvalue weighted by molar-refractivity contribution is 7.11. The molecule has 1 aromatic rings. The maximum absolute atomic E-state index is 11.7. The Balaban J connectivity index is 0.00000116. The molecule has 0 amide bonds. The fourth-order valence-electron chi connectivity index (χ4n) is 2.73. The van der Waals surface area contributed by atoms with Crippen LogP contribution in [0.15, 0.2) is 11.0 Å². The fraction of sp³-hybridized carbons (Fsp3) is 0.556. The Morgan fingerprint density at radius 3 is 2.32 bits per heavy atom. The zero-order valence-corrected chi connectivity index (χ0v) is 15.1. The smallest absolute Gasteiger partial charge is 0.338 e. The van der Waals surface area contributed by atoms with Gasteiger partial charge in [-0.25, -0.2) is 4.79 Å². The van der Waals surface area contributed by atoms with Crippen LogP contribution in [-0.2, 0) is 9.53 Å². The molecule has 1 saturated carbocycles.